The maximum Gasteiger partial charge on any atom is 0.252 e. The van der Waals surface area contributed by atoms with Gasteiger partial charge in [-0.1, -0.05) is 33.3 Å². The molecule has 25 heavy (non-hydrogen) atoms. The third-order valence-electron chi connectivity index (χ3n) is 5.10. The van der Waals surface area contributed by atoms with Crippen molar-refractivity contribution in [2.75, 3.05) is 6.54 Å². The summed E-state index contributed by atoms with van der Waals surface area (Å²) >= 11 is 0. The van der Waals surface area contributed by atoms with Gasteiger partial charge in [0.2, 0.25) is 0 Å². The molecule has 0 aliphatic heterocycles. The first-order valence-electron chi connectivity index (χ1n) is 8.64. The Bertz CT molecular complexity index is 662. The standard InChI is InChI=1S/C19H25F2NO3/c1-11(2)14-8-7-12(3)9-19(14,25)18(24)22-10-16(23)13-5-4-6-15(20)17(13)21/h4-6,11-12,14,25H,7-10H2,1-3H3,(H,22,24). The van der Waals surface area contributed by atoms with E-state index in [-0.39, 0.29) is 17.8 Å². The molecule has 0 saturated heterocycles. The van der Waals surface area contributed by atoms with Crippen LogP contribution in [0, 0.1) is 29.4 Å². The van der Waals surface area contributed by atoms with Crippen LogP contribution in [-0.2, 0) is 4.79 Å². The molecule has 0 heterocycles. The van der Waals surface area contributed by atoms with Crippen LogP contribution in [0.4, 0.5) is 8.78 Å². The number of carbonyl (C=O) groups excluding carboxylic acids is 2. The van der Waals surface area contributed by atoms with E-state index >= 15 is 0 Å². The Hall–Kier alpha value is -1.82. The van der Waals surface area contributed by atoms with E-state index in [0.29, 0.717) is 6.42 Å². The summed E-state index contributed by atoms with van der Waals surface area (Å²) in [4.78, 5) is 24.7. The van der Waals surface area contributed by atoms with E-state index in [2.05, 4.69) is 5.32 Å². The number of ketones is 1. The SMILES string of the molecule is CC1CCC(C(C)C)C(O)(C(=O)NCC(=O)c2cccc(F)c2F)C1. The summed E-state index contributed by atoms with van der Waals surface area (Å²) in [7, 11) is 0. The Labute approximate surface area is 146 Å². The normalized spacial score (nSPS) is 26.5. The van der Waals surface area contributed by atoms with Crippen LogP contribution in [0.15, 0.2) is 18.2 Å². The number of nitrogens with one attached hydrogen (secondary N) is 1. The second-order valence-electron chi connectivity index (χ2n) is 7.37. The van der Waals surface area contributed by atoms with Crippen molar-refractivity contribution in [2.45, 2.75) is 45.6 Å². The average Bonchev–Trinajstić information content (AvgIpc) is 2.54. The van der Waals surface area contributed by atoms with Crippen LogP contribution in [0.2, 0.25) is 0 Å². The Morgan fingerprint density at radius 3 is 2.64 bits per heavy atom. The largest absolute Gasteiger partial charge is 0.380 e. The summed E-state index contributed by atoms with van der Waals surface area (Å²) in [5, 5.41) is 13.4. The third-order valence-corrected chi connectivity index (χ3v) is 5.10. The first kappa shape index (κ1) is 19.5. The number of hydrogen-bond donors (Lipinski definition) is 2. The van der Waals surface area contributed by atoms with E-state index < -0.39 is 41.0 Å². The molecule has 0 aromatic heterocycles. The summed E-state index contributed by atoms with van der Waals surface area (Å²) < 4.78 is 26.9. The minimum atomic E-state index is -1.55. The third kappa shape index (κ3) is 4.06. The summed E-state index contributed by atoms with van der Waals surface area (Å²) in [5.74, 6) is -3.60. The van der Waals surface area contributed by atoms with Crippen LogP contribution < -0.4 is 5.32 Å². The number of aliphatic hydroxyl groups is 1. The van der Waals surface area contributed by atoms with Gasteiger partial charge in [-0.3, -0.25) is 9.59 Å². The maximum absolute atomic E-state index is 13.7. The van der Waals surface area contributed by atoms with Gasteiger partial charge >= 0.3 is 0 Å². The topological polar surface area (TPSA) is 66.4 Å². The molecule has 6 heteroatoms. The molecule has 2 rings (SSSR count). The molecular weight excluding hydrogens is 328 g/mol. The Balaban J connectivity index is 2.09. The monoisotopic (exact) mass is 353 g/mol. The molecule has 1 amide bonds. The molecule has 0 radical (unpaired) electrons. The maximum atomic E-state index is 13.7. The zero-order chi connectivity index (χ0) is 18.8. The van der Waals surface area contributed by atoms with E-state index in [1.165, 1.54) is 12.1 Å². The predicted octanol–water partition coefficient (Wildman–Crippen LogP) is 3.09. The highest BCUT2D eigenvalue weighted by atomic mass is 19.2. The second-order valence-corrected chi connectivity index (χ2v) is 7.37. The average molecular weight is 353 g/mol. The number of amides is 1. The lowest BCUT2D eigenvalue weighted by atomic mass is 9.66. The van der Waals surface area contributed by atoms with Crippen molar-refractivity contribution in [2.24, 2.45) is 17.8 Å². The van der Waals surface area contributed by atoms with Gasteiger partial charge in [0.1, 0.15) is 5.60 Å². The molecule has 138 valence electrons. The summed E-state index contributed by atoms with van der Waals surface area (Å²) in [5.41, 5.74) is -1.96. The molecule has 0 bridgehead atoms. The zero-order valence-electron chi connectivity index (χ0n) is 14.8. The first-order valence-corrected chi connectivity index (χ1v) is 8.64. The van der Waals surface area contributed by atoms with Crippen LogP contribution in [0.5, 0.6) is 0 Å². The molecule has 0 spiro atoms. The molecule has 3 atom stereocenters. The van der Waals surface area contributed by atoms with Crippen LogP contribution in [0.3, 0.4) is 0 Å². The minimum absolute atomic E-state index is 0.111. The molecule has 1 aromatic carbocycles. The van der Waals surface area contributed by atoms with Crippen molar-refractivity contribution >= 4 is 11.7 Å². The van der Waals surface area contributed by atoms with Crippen molar-refractivity contribution in [1.29, 1.82) is 0 Å². The van der Waals surface area contributed by atoms with Gasteiger partial charge in [0, 0.05) is 0 Å². The fourth-order valence-corrected chi connectivity index (χ4v) is 3.76. The van der Waals surface area contributed by atoms with E-state index in [9.17, 15) is 23.5 Å². The number of halogens is 2. The zero-order valence-corrected chi connectivity index (χ0v) is 14.8. The van der Waals surface area contributed by atoms with Gasteiger partial charge in [-0.25, -0.2) is 8.78 Å². The summed E-state index contributed by atoms with van der Waals surface area (Å²) in [6, 6.07) is 3.32. The lowest BCUT2D eigenvalue weighted by Crippen LogP contribution is -2.57. The van der Waals surface area contributed by atoms with Crippen LogP contribution in [0.1, 0.15) is 50.4 Å². The summed E-state index contributed by atoms with van der Waals surface area (Å²) in [6.07, 6.45) is 1.99. The number of rotatable bonds is 5. The van der Waals surface area contributed by atoms with Crippen molar-refractivity contribution < 1.29 is 23.5 Å². The van der Waals surface area contributed by atoms with Gasteiger partial charge in [-0.15, -0.1) is 0 Å². The number of Topliss-reactive ketones (excluding diaryl/α,β-unsaturated/α-hetero) is 1. The van der Waals surface area contributed by atoms with Gasteiger partial charge in [0.15, 0.2) is 17.4 Å². The highest BCUT2D eigenvalue weighted by molar-refractivity contribution is 6.00. The molecule has 1 aromatic rings. The van der Waals surface area contributed by atoms with Gasteiger partial charge in [-0.05, 0) is 42.7 Å². The van der Waals surface area contributed by atoms with Gasteiger partial charge in [-0.2, -0.15) is 0 Å². The van der Waals surface area contributed by atoms with Gasteiger partial charge in [0.05, 0.1) is 12.1 Å². The quantitative estimate of drug-likeness (QED) is 0.800. The van der Waals surface area contributed by atoms with Crippen LogP contribution in [-0.4, -0.2) is 28.9 Å². The van der Waals surface area contributed by atoms with Gasteiger partial charge in [0.25, 0.3) is 5.91 Å². The molecule has 2 N–H and O–H groups in total. The van der Waals surface area contributed by atoms with Crippen LogP contribution in [0.25, 0.3) is 0 Å². The van der Waals surface area contributed by atoms with E-state index in [0.717, 1.165) is 18.9 Å². The van der Waals surface area contributed by atoms with Crippen molar-refractivity contribution in [3.8, 4) is 0 Å². The minimum Gasteiger partial charge on any atom is -0.380 e. The van der Waals surface area contributed by atoms with Crippen molar-refractivity contribution in [3.63, 3.8) is 0 Å². The predicted molar refractivity (Wildman–Crippen MR) is 90.0 cm³/mol. The van der Waals surface area contributed by atoms with Crippen molar-refractivity contribution in [3.05, 3.63) is 35.4 Å². The lowest BCUT2D eigenvalue weighted by Gasteiger charge is -2.43. The highest BCUT2D eigenvalue weighted by Gasteiger charge is 2.48. The molecule has 1 aliphatic rings. The Morgan fingerprint density at radius 2 is 2.00 bits per heavy atom. The van der Waals surface area contributed by atoms with Crippen LogP contribution >= 0.6 is 0 Å². The van der Waals surface area contributed by atoms with Crippen molar-refractivity contribution in [1.82, 2.24) is 5.32 Å². The fraction of sp³-hybridized carbons (Fsp3) is 0.579. The lowest BCUT2D eigenvalue weighted by molar-refractivity contribution is -0.155. The molecule has 1 fully saturated rings. The molecule has 3 unspecified atom stereocenters. The number of hydrogen-bond acceptors (Lipinski definition) is 3. The molecule has 4 nitrogen and oxygen atoms in total. The Morgan fingerprint density at radius 1 is 1.32 bits per heavy atom. The molecule has 1 saturated carbocycles. The summed E-state index contributed by atoms with van der Waals surface area (Å²) in [6.45, 7) is 5.39. The van der Waals surface area contributed by atoms with E-state index in [1.54, 1.807) is 0 Å². The Kier molecular flexibility index (Phi) is 5.93. The smallest absolute Gasteiger partial charge is 0.252 e. The van der Waals surface area contributed by atoms with Gasteiger partial charge < -0.3 is 10.4 Å². The van der Waals surface area contributed by atoms with E-state index in [4.69, 9.17) is 0 Å². The molecule has 1 aliphatic carbocycles. The van der Waals surface area contributed by atoms with E-state index in [1.807, 2.05) is 20.8 Å². The first-order chi connectivity index (χ1) is 11.7. The molecular formula is C19H25F2NO3. The highest BCUT2D eigenvalue weighted by Crippen LogP contribution is 2.41. The fourth-order valence-electron chi connectivity index (χ4n) is 3.76. The number of benzene rings is 1. The number of carbonyl (C=O) groups is 2. The second kappa shape index (κ2) is 7.60.